The van der Waals surface area contributed by atoms with Crippen LogP contribution in [0.25, 0.3) is 0 Å². The van der Waals surface area contributed by atoms with Gasteiger partial charge in [0.2, 0.25) is 5.91 Å². The Kier molecular flexibility index (Phi) is 10.1. The van der Waals surface area contributed by atoms with Gasteiger partial charge in [-0.1, -0.05) is 33.1 Å². The van der Waals surface area contributed by atoms with E-state index in [-0.39, 0.29) is 40.7 Å². The van der Waals surface area contributed by atoms with E-state index in [0.29, 0.717) is 30.5 Å². The molecule has 9 nitrogen and oxygen atoms in total. The molecule has 196 valence electrons. The highest BCUT2D eigenvalue weighted by Crippen LogP contribution is 2.28. The first-order valence-corrected chi connectivity index (χ1v) is 13.4. The normalized spacial score (nSPS) is 13.9. The van der Waals surface area contributed by atoms with Gasteiger partial charge >= 0.3 is 0 Å². The molecule has 3 amide bonds. The van der Waals surface area contributed by atoms with Gasteiger partial charge in [0, 0.05) is 18.3 Å². The van der Waals surface area contributed by atoms with Gasteiger partial charge in [-0.25, -0.2) is 0 Å². The van der Waals surface area contributed by atoms with Crippen LogP contribution in [0.5, 0.6) is 5.75 Å². The molecule has 10 heteroatoms. The summed E-state index contributed by atoms with van der Waals surface area (Å²) in [4.78, 5) is 40.6. The maximum atomic E-state index is 13.6. The van der Waals surface area contributed by atoms with Crippen molar-refractivity contribution in [2.45, 2.75) is 65.3 Å². The number of carbonyl (C=O) groups is 3. The second kappa shape index (κ2) is 13.2. The number of nitrogens with zero attached hydrogens (tertiary/aromatic N) is 2. The van der Waals surface area contributed by atoms with Gasteiger partial charge < -0.3 is 21.1 Å². The number of rotatable bonds is 11. The average molecular weight is 516 g/mol. The van der Waals surface area contributed by atoms with Crippen LogP contribution in [0.15, 0.2) is 24.3 Å². The van der Waals surface area contributed by atoms with E-state index >= 15 is 0 Å². The van der Waals surface area contributed by atoms with Crippen LogP contribution >= 0.6 is 11.5 Å². The lowest BCUT2D eigenvalue weighted by Gasteiger charge is -2.23. The zero-order valence-corrected chi connectivity index (χ0v) is 22.2. The lowest BCUT2D eigenvalue weighted by Crippen LogP contribution is -2.41. The van der Waals surface area contributed by atoms with E-state index in [1.165, 1.54) is 11.3 Å². The largest absolute Gasteiger partial charge is 0.494 e. The molecule has 1 aromatic heterocycles. The number of carbonyl (C=O) groups excluding carboxylic acids is 3. The summed E-state index contributed by atoms with van der Waals surface area (Å²) in [5.41, 5.74) is 6.86. The predicted molar refractivity (Wildman–Crippen MR) is 143 cm³/mol. The third-order valence-electron chi connectivity index (χ3n) is 6.13. The third-order valence-corrected chi connectivity index (χ3v) is 6.98. The lowest BCUT2D eigenvalue weighted by atomic mass is 9.95. The van der Waals surface area contributed by atoms with Gasteiger partial charge in [-0.15, -0.1) is 0 Å². The summed E-state index contributed by atoms with van der Waals surface area (Å²) in [5.74, 6) is -0.0202. The van der Waals surface area contributed by atoms with E-state index in [0.717, 1.165) is 43.6 Å². The Morgan fingerprint density at radius 3 is 2.50 bits per heavy atom. The number of ether oxygens (including phenoxy) is 1. The second-order valence-corrected chi connectivity index (χ2v) is 10.2. The second-order valence-electron chi connectivity index (χ2n) is 9.43. The molecular weight excluding hydrogens is 478 g/mol. The number of nitrogens with two attached hydrogens (primary N) is 1. The van der Waals surface area contributed by atoms with Crippen molar-refractivity contribution in [1.29, 1.82) is 0 Å². The van der Waals surface area contributed by atoms with Crippen LogP contribution in [0, 0.1) is 5.92 Å². The van der Waals surface area contributed by atoms with E-state index in [1.807, 2.05) is 6.92 Å². The number of hydrogen-bond donors (Lipinski definition) is 3. The molecule has 2 aromatic rings. The fourth-order valence-electron chi connectivity index (χ4n) is 4.11. The molecule has 0 saturated heterocycles. The highest BCUT2D eigenvalue weighted by Gasteiger charge is 2.29. The van der Waals surface area contributed by atoms with Gasteiger partial charge in [0.15, 0.2) is 5.69 Å². The van der Waals surface area contributed by atoms with E-state index in [9.17, 15) is 14.4 Å². The van der Waals surface area contributed by atoms with Gasteiger partial charge in [-0.05, 0) is 67.9 Å². The van der Waals surface area contributed by atoms with Crippen molar-refractivity contribution < 1.29 is 19.1 Å². The molecule has 0 spiro atoms. The van der Waals surface area contributed by atoms with Crippen molar-refractivity contribution in [2.75, 3.05) is 30.3 Å². The van der Waals surface area contributed by atoms with Crippen molar-refractivity contribution in [2.24, 2.45) is 5.92 Å². The topological polar surface area (TPSA) is 127 Å². The fraction of sp³-hybridized carbons (Fsp3) is 0.538. The molecule has 0 atom stereocenters. The van der Waals surface area contributed by atoms with Gasteiger partial charge in [0.25, 0.3) is 11.8 Å². The number of nitrogen functional groups attached to an aromatic ring is 1. The Bertz CT molecular complexity index is 1030. The molecule has 1 aliphatic rings. The summed E-state index contributed by atoms with van der Waals surface area (Å²) in [6, 6.07) is 7.03. The van der Waals surface area contributed by atoms with Crippen LogP contribution in [0.3, 0.4) is 0 Å². The smallest absolute Gasteiger partial charge is 0.273 e. The van der Waals surface area contributed by atoms with Crippen molar-refractivity contribution in [3.05, 3.63) is 34.8 Å². The first-order valence-electron chi connectivity index (χ1n) is 12.7. The summed E-state index contributed by atoms with van der Waals surface area (Å²) in [6.07, 6.45) is 6.04. The first kappa shape index (κ1) is 27.4. The summed E-state index contributed by atoms with van der Waals surface area (Å²) in [6.45, 7) is 6.90. The quantitative estimate of drug-likeness (QED) is 0.415. The fourth-order valence-corrected chi connectivity index (χ4v) is 4.85. The average Bonchev–Trinajstić information content (AvgIpc) is 3.24. The van der Waals surface area contributed by atoms with Crippen LogP contribution in [-0.4, -0.2) is 47.8 Å². The summed E-state index contributed by atoms with van der Waals surface area (Å²) in [5, 5.41) is 5.86. The number of aromatic nitrogens is 1. The van der Waals surface area contributed by atoms with Crippen molar-refractivity contribution in [3.8, 4) is 5.75 Å². The summed E-state index contributed by atoms with van der Waals surface area (Å²) in [7, 11) is 0. The molecule has 0 aliphatic heterocycles. The summed E-state index contributed by atoms with van der Waals surface area (Å²) >= 11 is 0.874. The Hall–Kier alpha value is -3.14. The van der Waals surface area contributed by atoms with E-state index in [1.54, 1.807) is 24.3 Å². The van der Waals surface area contributed by atoms with Gasteiger partial charge in [0.05, 0.1) is 12.3 Å². The van der Waals surface area contributed by atoms with Crippen LogP contribution in [0.4, 0.5) is 11.4 Å². The highest BCUT2D eigenvalue weighted by molar-refractivity contribution is 7.09. The Balaban J connectivity index is 1.79. The maximum absolute atomic E-state index is 13.6. The van der Waals surface area contributed by atoms with Crippen molar-refractivity contribution in [3.63, 3.8) is 0 Å². The zero-order valence-electron chi connectivity index (χ0n) is 21.3. The molecule has 0 unspecified atom stereocenters. The number of hydrogen-bond acceptors (Lipinski definition) is 7. The zero-order chi connectivity index (χ0) is 26.1. The first-order chi connectivity index (χ1) is 17.3. The van der Waals surface area contributed by atoms with Gasteiger partial charge in [-0.2, -0.15) is 4.37 Å². The highest BCUT2D eigenvalue weighted by atomic mass is 32.1. The molecule has 3 rings (SSSR count). The number of benzene rings is 1. The van der Waals surface area contributed by atoms with E-state index in [4.69, 9.17) is 10.5 Å². The van der Waals surface area contributed by atoms with Crippen molar-refractivity contribution in [1.82, 2.24) is 15.0 Å². The molecule has 1 saturated carbocycles. The molecule has 4 N–H and O–H groups in total. The molecule has 1 aliphatic carbocycles. The van der Waals surface area contributed by atoms with Crippen molar-refractivity contribution >= 4 is 40.6 Å². The van der Waals surface area contributed by atoms with Gasteiger partial charge in [0.1, 0.15) is 17.2 Å². The predicted octanol–water partition coefficient (Wildman–Crippen LogP) is 4.00. The molecule has 36 heavy (non-hydrogen) atoms. The molecule has 1 heterocycles. The van der Waals surface area contributed by atoms with Crippen LogP contribution in [0.1, 0.15) is 79.5 Å². The lowest BCUT2D eigenvalue weighted by molar-refractivity contribution is -0.119. The molecular formula is C26H37N5O4S. The Labute approximate surface area is 216 Å². The molecule has 0 bridgehead atoms. The number of anilines is 2. The minimum atomic E-state index is -0.482. The van der Waals surface area contributed by atoms with E-state index < -0.39 is 5.91 Å². The minimum absolute atomic E-state index is 0.0365. The summed E-state index contributed by atoms with van der Waals surface area (Å²) < 4.78 is 9.70. The standard InChI is InChI=1S/C26H37N5O4S/c1-4-35-20-12-10-19(11-13-20)31(16-21(32)28-15-14-17(2)3)26(34)24-22(27)23(30-36-24)25(33)29-18-8-6-5-7-9-18/h10-13,17-18H,4-9,14-16,27H2,1-3H3,(H,28,32)(H,29,33). The SMILES string of the molecule is CCOc1ccc(N(CC(=O)NCCC(C)C)C(=O)c2snc(C(=O)NC3CCCCC3)c2N)cc1. The molecule has 1 aromatic carbocycles. The van der Waals surface area contributed by atoms with Gasteiger partial charge in [-0.3, -0.25) is 19.3 Å². The number of nitrogens with one attached hydrogen (secondary N) is 2. The Morgan fingerprint density at radius 2 is 1.86 bits per heavy atom. The monoisotopic (exact) mass is 515 g/mol. The molecule has 1 fully saturated rings. The third kappa shape index (κ3) is 7.43. The number of amides is 3. The molecule has 0 radical (unpaired) electrons. The van der Waals surface area contributed by atoms with Crippen LogP contribution in [0.2, 0.25) is 0 Å². The van der Waals surface area contributed by atoms with Crippen LogP contribution < -0.4 is 26.0 Å². The maximum Gasteiger partial charge on any atom is 0.273 e. The minimum Gasteiger partial charge on any atom is -0.494 e. The van der Waals surface area contributed by atoms with E-state index in [2.05, 4.69) is 28.9 Å². The van der Waals surface area contributed by atoms with Crippen LogP contribution in [-0.2, 0) is 4.79 Å². The Morgan fingerprint density at radius 1 is 1.17 bits per heavy atom.